The lowest BCUT2D eigenvalue weighted by Gasteiger charge is -2.23. The lowest BCUT2D eigenvalue weighted by atomic mass is 9.92. The van der Waals surface area contributed by atoms with Crippen LogP contribution in [0.1, 0.15) is 54.9 Å². The fraction of sp³-hybridized carbons (Fsp3) is 0.381. The van der Waals surface area contributed by atoms with E-state index >= 15 is 0 Å². The van der Waals surface area contributed by atoms with Crippen LogP contribution in [0.4, 0.5) is 0 Å². The van der Waals surface area contributed by atoms with Gasteiger partial charge in [0.1, 0.15) is 0 Å². The highest BCUT2D eigenvalue weighted by Gasteiger charge is 2.32. The van der Waals surface area contributed by atoms with E-state index in [-0.39, 0.29) is 17.5 Å². The summed E-state index contributed by atoms with van der Waals surface area (Å²) in [6.45, 7) is 3.38. The van der Waals surface area contributed by atoms with Crippen molar-refractivity contribution in [2.24, 2.45) is 0 Å². The second-order valence-electron chi connectivity index (χ2n) is 7.36. The maximum Gasteiger partial charge on any atom is 0.335 e. The Bertz CT molecular complexity index is 902. The maximum atomic E-state index is 12.2. The van der Waals surface area contributed by atoms with Gasteiger partial charge in [-0.3, -0.25) is 0 Å². The number of rotatable bonds is 6. The Morgan fingerprint density at radius 1 is 1.00 bits per heavy atom. The van der Waals surface area contributed by atoms with E-state index in [0.717, 1.165) is 36.0 Å². The topological polar surface area (TPSA) is 83.5 Å². The van der Waals surface area contributed by atoms with Crippen LogP contribution >= 0.6 is 0 Å². The molecule has 0 saturated heterocycles. The van der Waals surface area contributed by atoms with Gasteiger partial charge in [-0.25, -0.2) is 17.9 Å². The minimum absolute atomic E-state index is 0.0573. The second-order valence-corrected chi connectivity index (χ2v) is 9.63. The first kappa shape index (κ1) is 19.6. The van der Waals surface area contributed by atoms with Crippen molar-refractivity contribution in [1.29, 1.82) is 0 Å². The molecule has 0 amide bonds. The van der Waals surface area contributed by atoms with Crippen LogP contribution in [0, 0.1) is 0 Å². The molecule has 2 N–H and O–H groups in total. The summed E-state index contributed by atoms with van der Waals surface area (Å²) < 4.78 is 27.3. The molecule has 1 unspecified atom stereocenters. The first-order chi connectivity index (χ1) is 12.8. The first-order valence-corrected chi connectivity index (χ1v) is 10.8. The van der Waals surface area contributed by atoms with Gasteiger partial charge in [0, 0.05) is 12.0 Å². The van der Waals surface area contributed by atoms with Gasteiger partial charge in [-0.1, -0.05) is 42.8 Å². The molecule has 2 aromatic rings. The largest absolute Gasteiger partial charge is 0.478 e. The normalized spacial score (nSPS) is 20.1. The number of carbonyl (C=O) groups is 1. The molecule has 0 aliphatic heterocycles. The standard InChI is InChI=1S/C21H25NO4S/c1-14(2)27(25,26)22-20-5-3-4-19(20)17-10-6-15(7-11-17)16-8-12-18(13-9-16)21(23)24/h6-14,19-20,22H,3-5H2,1-2H3,(H,23,24)/t19?,20-/m0/s1. The van der Waals surface area contributed by atoms with Crippen molar-refractivity contribution < 1.29 is 18.3 Å². The summed E-state index contributed by atoms with van der Waals surface area (Å²) in [4.78, 5) is 11.0. The van der Waals surface area contributed by atoms with Gasteiger partial charge >= 0.3 is 5.97 Å². The molecule has 2 aromatic carbocycles. The third-order valence-corrected chi connectivity index (χ3v) is 7.13. The number of aromatic carboxylic acids is 1. The van der Waals surface area contributed by atoms with E-state index in [1.807, 2.05) is 24.3 Å². The molecule has 5 nitrogen and oxygen atoms in total. The van der Waals surface area contributed by atoms with E-state index in [1.54, 1.807) is 38.1 Å². The Morgan fingerprint density at radius 3 is 2.07 bits per heavy atom. The van der Waals surface area contributed by atoms with Crippen LogP contribution in [0.2, 0.25) is 0 Å². The quantitative estimate of drug-likeness (QED) is 0.784. The molecule has 0 radical (unpaired) electrons. The van der Waals surface area contributed by atoms with Crippen molar-refractivity contribution in [3.63, 3.8) is 0 Å². The Labute approximate surface area is 160 Å². The number of nitrogens with one attached hydrogen (secondary N) is 1. The predicted octanol–water partition coefficient (Wildman–Crippen LogP) is 4.02. The molecular formula is C21H25NO4S. The predicted molar refractivity (Wildman–Crippen MR) is 106 cm³/mol. The van der Waals surface area contributed by atoms with Crippen molar-refractivity contribution in [3.05, 3.63) is 59.7 Å². The lowest BCUT2D eigenvalue weighted by molar-refractivity contribution is 0.0697. The van der Waals surface area contributed by atoms with Crippen molar-refractivity contribution in [1.82, 2.24) is 4.72 Å². The second kappa shape index (κ2) is 7.82. The van der Waals surface area contributed by atoms with Gasteiger partial charge in [0.15, 0.2) is 0 Å². The molecule has 1 fully saturated rings. The SMILES string of the molecule is CC(C)S(=O)(=O)N[C@H]1CCCC1c1ccc(-c2ccc(C(=O)O)cc2)cc1. The summed E-state index contributed by atoms with van der Waals surface area (Å²) in [6.07, 6.45) is 2.83. The molecule has 0 bridgehead atoms. The molecule has 1 aliphatic rings. The fourth-order valence-corrected chi connectivity index (χ4v) is 4.55. The molecule has 1 saturated carbocycles. The van der Waals surface area contributed by atoms with E-state index in [0.29, 0.717) is 0 Å². The van der Waals surface area contributed by atoms with E-state index in [4.69, 9.17) is 5.11 Å². The molecule has 1 aliphatic carbocycles. The number of sulfonamides is 1. The van der Waals surface area contributed by atoms with Gasteiger partial charge in [-0.05, 0) is 55.5 Å². The molecular weight excluding hydrogens is 362 g/mol. The monoisotopic (exact) mass is 387 g/mol. The minimum atomic E-state index is -3.28. The van der Waals surface area contributed by atoms with E-state index in [1.165, 1.54) is 0 Å². The number of carboxylic acid groups (broad SMARTS) is 1. The zero-order valence-electron chi connectivity index (χ0n) is 15.6. The Balaban J connectivity index is 1.77. The number of carboxylic acids is 1. The minimum Gasteiger partial charge on any atom is -0.478 e. The number of hydrogen-bond donors (Lipinski definition) is 2. The van der Waals surface area contributed by atoms with Gasteiger partial charge in [0.05, 0.1) is 10.8 Å². The molecule has 27 heavy (non-hydrogen) atoms. The van der Waals surface area contributed by atoms with Crippen LogP contribution in [-0.4, -0.2) is 30.8 Å². The van der Waals surface area contributed by atoms with E-state index in [9.17, 15) is 13.2 Å². The Kier molecular flexibility index (Phi) is 5.67. The van der Waals surface area contributed by atoms with Gasteiger partial charge in [-0.2, -0.15) is 0 Å². The average molecular weight is 388 g/mol. The summed E-state index contributed by atoms with van der Waals surface area (Å²) in [6, 6.07) is 14.9. The van der Waals surface area contributed by atoms with Gasteiger partial charge in [0.25, 0.3) is 0 Å². The highest BCUT2D eigenvalue weighted by molar-refractivity contribution is 7.90. The smallest absolute Gasteiger partial charge is 0.335 e. The van der Waals surface area contributed by atoms with E-state index in [2.05, 4.69) is 4.72 Å². The molecule has 6 heteroatoms. The first-order valence-electron chi connectivity index (χ1n) is 9.23. The lowest BCUT2D eigenvalue weighted by Crippen LogP contribution is -2.40. The molecule has 144 valence electrons. The average Bonchev–Trinajstić information content (AvgIpc) is 3.09. The van der Waals surface area contributed by atoms with E-state index < -0.39 is 21.2 Å². The molecule has 2 atom stereocenters. The van der Waals surface area contributed by atoms with Crippen LogP contribution in [0.25, 0.3) is 11.1 Å². The fourth-order valence-electron chi connectivity index (χ4n) is 3.58. The van der Waals surface area contributed by atoms with Crippen LogP contribution in [0.15, 0.2) is 48.5 Å². The summed E-state index contributed by atoms with van der Waals surface area (Å²) in [7, 11) is -3.28. The Morgan fingerprint density at radius 2 is 1.56 bits per heavy atom. The molecule has 0 spiro atoms. The van der Waals surface area contributed by atoms with Crippen molar-refractivity contribution in [2.75, 3.05) is 0 Å². The highest BCUT2D eigenvalue weighted by atomic mass is 32.2. The number of benzene rings is 2. The van der Waals surface area contributed by atoms with Crippen LogP contribution in [0.3, 0.4) is 0 Å². The maximum absolute atomic E-state index is 12.2. The van der Waals surface area contributed by atoms with Crippen LogP contribution < -0.4 is 4.72 Å². The molecule has 3 rings (SSSR count). The van der Waals surface area contributed by atoms with Gasteiger partial charge in [-0.15, -0.1) is 0 Å². The summed E-state index contributed by atoms with van der Waals surface area (Å²) >= 11 is 0. The number of hydrogen-bond acceptors (Lipinski definition) is 3. The summed E-state index contributed by atoms with van der Waals surface area (Å²) in [5.41, 5.74) is 3.36. The summed E-state index contributed by atoms with van der Waals surface area (Å²) in [5, 5.41) is 8.56. The van der Waals surface area contributed by atoms with Gasteiger partial charge < -0.3 is 5.11 Å². The van der Waals surface area contributed by atoms with Crippen molar-refractivity contribution >= 4 is 16.0 Å². The zero-order chi connectivity index (χ0) is 19.6. The van der Waals surface area contributed by atoms with Crippen molar-refractivity contribution in [3.8, 4) is 11.1 Å². The van der Waals surface area contributed by atoms with Crippen LogP contribution in [-0.2, 0) is 10.0 Å². The highest BCUT2D eigenvalue weighted by Crippen LogP contribution is 2.36. The zero-order valence-corrected chi connectivity index (χ0v) is 16.4. The van der Waals surface area contributed by atoms with Crippen molar-refractivity contribution in [2.45, 2.75) is 50.3 Å². The Hall–Kier alpha value is -2.18. The molecule has 0 aromatic heterocycles. The third-order valence-electron chi connectivity index (χ3n) is 5.26. The molecule has 0 heterocycles. The third kappa shape index (κ3) is 4.39. The summed E-state index contributed by atoms with van der Waals surface area (Å²) in [5.74, 6) is -0.755. The van der Waals surface area contributed by atoms with Gasteiger partial charge in [0.2, 0.25) is 10.0 Å². The van der Waals surface area contributed by atoms with Crippen LogP contribution in [0.5, 0.6) is 0 Å².